The van der Waals surface area contributed by atoms with E-state index in [1.165, 1.54) is 6.07 Å². The van der Waals surface area contributed by atoms with Crippen LogP contribution in [0.3, 0.4) is 0 Å². The summed E-state index contributed by atoms with van der Waals surface area (Å²) in [5, 5.41) is 2.94. The molecule has 29 heavy (non-hydrogen) atoms. The van der Waals surface area contributed by atoms with E-state index in [0.717, 1.165) is 24.0 Å². The third-order valence-electron chi connectivity index (χ3n) is 5.31. The highest BCUT2D eigenvalue weighted by molar-refractivity contribution is 5.95. The van der Waals surface area contributed by atoms with Gasteiger partial charge in [0, 0.05) is 35.9 Å². The van der Waals surface area contributed by atoms with Crippen molar-refractivity contribution in [1.29, 1.82) is 0 Å². The molecule has 3 aromatic rings. The predicted octanol–water partition coefficient (Wildman–Crippen LogP) is 4.06. The third kappa shape index (κ3) is 4.05. The Balaban J connectivity index is 1.43. The maximum absolute atomic E-state index is 14.0. The van der Waals surface area contributed by atoms with Crippen LogP contribution in [0.5, 0.6) is 0 Å². The third-order valence-corrected chi connectivity index (χ3v) is 5.31. The van der Waals surface area contributed by atoms with E-state index in [0.29, 0.717) is 18.7 Å². The highest BCUT2D eigenvalue weighted by Gasteiger charge is 2.31. The molecule has 5 nitrogen and oxygen atoms in total. The smallest absolute Gasteiger partial charge is 0.241 e. The zero-order chi connectivity index (χ0) is 20.4. The fourth-order valence-corrected chi connectivity index (χ4v) is 3.78. The molecule has 2 aromatic carbocycles. The van der Waals surface area contributed by atoms with Crippen LogP contribution in [0.15, 0.2) is 54.9 Å². The molecule has 0 bridgehead atoms. The van der Waals surface area contributed by atoms with Crippen molar-refractivity contribution in [3.8, 4) is 5.69 Å². The molecule has 0 aliphatic carbocycles. The van der Waals surface area contributed by atoms with E-state index in [1.54, 1.807) is 12.3 Å². The first-order valence-electron chi connectivity index (χ1n) is 9.61. The van der Waals surface area contributed by atoms with Crippen molar-refractivity contribution in [2.45, 2.75) is 32.4 Å². The molecule has 4 rings (SSSR count). The Bertz CT molecular complexity index is 1020. The van der Waals surface area contributed by atoms with Crippen LogP contribution in [-0.2, 0) is 11.3 Å². The number of nitrogens with one attached hydrogen (secondary N) is 1. The molecule has 1 N–H and O–H groups in total. The number of imidazole rings is 1. The summed E-state index contributed by atoms with van der Waals surface area (Å²) in [7, 11) is 0. The maximum atomic E-state index is 14.0. The molecule has 1 fully saturated rings. The van der Waals surface area contributed by atoms with Gasteiger partial charge in [-0.05, 0) is 56.6 Å². The quantitative estimate of drug-likeness (QED) is 0.708. The minimum atomic E-state index is -0.865. The summed E-state index contributed by atoms with van der Waals surface area (Å²) in [6.45, 7) is 2.80. The number of likely N-dealkylation sites (tertiary alicyclic amines) is 1. The van der Waals surface area contributed by atoms with E-state index in [2.05, 4.69) is 10.3 Å². The number of hydrogen-bond acceptors (Lipinski definition) is 3. The van der Waals surface area contributed by atoms with Gasteiger partial charge in [0.15, 0.2) is 11.6 Å². The molecular weight excluding hydrogens is 374 g/mol. The first-order chi connectivity index (χ1) is 14.0. The Hall–Kier alpha value is -3.06. The molecule has 7 heteroatoms. The first kappa shape index (κ1) is 19.3. The van der Waals surface area contributed by atoms with Crippen LogP contribution in [0.2, 0.25) is 0 Å². The molecule has 2 heterocycles. The lowest BCUT2D eigenvalue weighted by atomic mass is 10.1. The molecule has 150 valence electrons. The van der Waals surface area contributed by atoms with Gasteiger partial charge in [0.1, 0.15) is 5.82 Å². The number of anilines is 1. The Morgan fingerprint density at radius 1 is 1.21 bits per heavy atom. The van der Waals surface area contributed by atoms with Crippen molar-refractivity contribution in [3.05, 3.63) is 77.9 Å². The zero-order valence-corrected chi connectivity index (χ0v) is 16.1. The minimum absolute atomic E-state index is 0.133. The van der Waals surface area contributed by atoms with Gasteiger partial charge in [-0.2, -0.15) is 0 Å². The van der Waals surface area contributed by atoms with Crippen molar-refractivity contribution >= 4 is 11.6 Å². The van der Waals surface area contributed by atoms with E-state index in [-0.39, 0.29) is 24.1 Å². The van der Waals surface area contributed by atoms with E-state index in [1.807, 2.05) is 46.9 Å². The van der Waals surface area contributed by atoms with Crippen molar-refractivity contribution in [1.82, 2.24) is 14.5 Å². The van der Waals surface area contributed by atoms with Crippen LogP contribution < -0.4 is 5.32 Å². The molecule has 0 unspecified atom stereocenters. The number of carbonyl (C=O) groups is 1. The summed E-state index contributed by atoms with van der Waals surface area (Å²) in [6, 6.07) is 11.3. The number of aryl methyl sites for hydroxylation is 1. The van der Waals surface area contributed by atoms with E-state index in [9.17, 15) is 13.6 Å². The summed E-state index contributed by atoms with van der Waals surface area (Å²) in [5.74, 6) is -0.960. The number of carbonyl (C=O) groups excluding carboxylic acids is 1. The minimum Gasteiger partial charge on any atom is -0.325 e. The molecular formula is C22H22F2N4O. The van der Waals surface area contributed by atoms with E-state index >= 15 is 0 Å². The van der Waals surface area contributed by atoms with Gasteiger partial charge in [0.05, 0.1) is 6.04 Å². The van der Waals surface area contributed by atoms with Gasteiger partial charge in [-0.3, -0.25) is 9.69 Å². The average Bonchev–Trinajstić information content (AvgIpc) is 3.35. The first-order valence-corrected chi connectivity index (χ1v) is 9.61. The average molecular weight is 396 g/mol. The summed E-state index contributed by atoms with van der Waals surface area (Å²) >= 11 is 0. The monoisotopic (exact) mass is 396 g/mol. The summed E-state index contributed by atoms with van der Waals surface area (Å²) in [5.41, 5.74) is 1.92. The molecule has 0 radical (unpaired) electrons. The summed E-state index contributed by atoms with van der Waals surface area (Å²) in [4.78, 5) is 18.9. The van der Waals surface area contributed by atoms with Crippen molar-refractivity contribution in [2.75, 3.05) is 11.9 Å². The molecule has 1 amide bonds. The standard InChI is InChI=1S/C22H22F2N4O/c1-15-25-11-13-28(15)18-9-7-17(8-10-18)26-22(29)20-6-3-12-27(20)14-16-4-2-5-19(23)21(16)24/h2,4-5,7-11,13,20H,3,6,12,14H2,1H3,(H,26,29)/t20-/m0/s1. The maximum Gasteiger partial charge on any atom is 0.241 e. The predicted molar refractivity (Wildman–Crippen MR) is 107 cm³/mol. The lowest BCUT2D eigenvalue weighted by Gasteiger charge is -2.24. The van der Waals surface area contributed by atoms with Gasteiger partial charge in [0.2, 0.25) is 5.91 Å². The van der Waals surface area contributed by atoms with Gasteiger partial charge in [-0.25, -0.2) is 13.8 Å². The van der Waals surface area contributed by atoms with Crippen molar-refractivity contribution in [2.24, 2.45) is 0 Å². The fraction of sp³-hybridized carbons (Fsp3) is 0.273. The fourth-order valence-electron chi connectivity index (χ4n) is 3.78. The van der Waals surface area contributed by atoms with Crippen LogP contribution in [0.4, 0.5) is 14.5 Å². The second kappa shape index (κ2) is 8.13. The van der Waals surface area contributed by atoms with Gasteiger partial charge < -0.3 is 9.88 Å². The Labute approximate surface area is 168 Å². The number of hydrogen-bond donors (Lipinski definition) is 1. The molecule has 0 saturated carbocycles. The molecule has 0 spiro atoms. The molecule has 1 atom stereocenters. The Kier molecular flexibility index (Phi) is 5.40. The number of amides is 1. The lowest BCUT2D eigenvalue weighted by molar-refractivity contribution is -0.120. The highest BCUT2D eigenvalue weighted by Crippen LogP contribution is 2.24. The number of benzene rings is 2. The Morgan fingerprint density at radius 2 is 2.00 bits per heavy atom. The number of halogens is 2. The second-order valence-corrected chi connectivity index (χ2v) is 7.22. The van der Waals surface area contributed by atoms with Gasteiger partial charge in [0.25, 0.3) is 0 Å². The highest BCUT2D eigenvalue weighted by atomic mass is 19.2. The van der Waals surface area contributed by atoms with Crippen molar-refractivity contribution < 1.29 is 13.6 Å². The van der Waals surface area contributed by atoms with Crippen LogP contribution in [-0.4, -0.2) is 32.9 Å². The van der Waals surface area contributed by atoms with Crippen LogP contribution in [0, 0.1) is 18.6 Å². The van der Waals surface area contributed by atoms with Gasteiger partial charge in [-0.1, -0.05) is 12.1 Å². The normalized spacial score (nSPS) is 16.9. The topological polar surface area (TPSA) is 50.2 Å². The van der Waals surface area contributed by atoms with Gasteiger partial charge in [-0.15, -0.1) is 0 Å². The van der Waals surface area contributed by atoms with Gasteiger partial charge >= 0.3 is 0 Å². The van der Waals surface area contributed by atoms with Crippen molar-refractivity contribution in [3.63, 3.8) is 0 Å². The number of rotatable bonds is 5. The van der Waals surface area contributed by atoms with E-state index < -0.39 is 11.6 Å². The molecule has 1 aliphatic rings. The zero-order valence-electron chi connectivity index (χ0n) is 16.1. The number of nitrogens with zero attached hydrogens (tertiary/aromatic N) is 3. The van der Waals surface area contributed by atoms with Crippen LogP contribution in [0.1, 0.15) is 24.2 Å². The molecule has 1 aromatic heterocycles. The van der Waals surface area contributed by atoms with E-state index in [4.69, 9.17) is 0 Å². The second-order valence-electron chi connectivity index (χ2n) is 7.22. The number of aromatic nitrogens is 2. The molecule has 1 saturated heterocycles. The lowest BCUT2D eigenvalue weighted by Crippen LogP contribution is -2.39. The summed E-state index contributed by atoms with van der Waals surface area (Å²) < 4.78 is 29.4. The SMILES string of the molecule is Cc1nccn1-c1ccc(NC(=O)[C@@H]2CCCN2Cc2cccc(F)c2F)cc1. The Morgan fingerprint density at radius 3 is 2.72 bits per heavy atom. The van der Waals surface area contributed by atoms with Crippen LogP contribution >= 0.6 is 0 Å². The summed E-state index contributed by atoms with van der Waals surface area (Å²) in [6.07, 6.45) is 5.15. The molecule has 1 aliphatic heterocycles. The largest absolute Gasteiger partial charge is 0.325 e. The van der Waals surface area contributed by atoms with Crippen LogP contribution in [0.25, 0.3) is 5.69 Å².